The van der Waals surface area contributed by atoms with Crippen LogP contribution >= 0.6 is 0 Å². The first-order valence-corrected chi connectivity index (χ1v) is 6.44. The van der Waals surface area contributed by atoms with E-state index in [0.29, 0.717) is 12.3 Å². The van der Waals surface area contributed by atoms with Crippen LogP contribution in [0.3, 0.4) is 0 Å². The fraction of sp³-hybridized carbons (Fsp3) is 0.429. The number of hydrogen-bond acceptors (Lipinski definition) is 4. The molecule has 1 aromatic rings. The number of para-hydroxylation sites is 1. The molecule has 5 nitrogen and oxygen atoms in total. The molecule has 0 spiro atoms. The summed E-state index contributed by atoms with van der Waals surface area (Å²) in [7, 11) is 0. The number of nitrogens with one attached hydrogen (secondary N) is 2. The third kappa shape index (κ3) is 3.79. The lowest BCUT2D eigenvalue weighted by atomic mass is 10.2. The molecule has 1 aliphatic rings. The Hall–Kier alpha value is -1.88. The van der Waals surface area contributed by atoms with Gasteiger partial charge in [-0.2, -0.15) is 0 Å². The van der Waals surface area contributed by atoms with Crippen LogP contribution in [0.2, 0.25) is 0 Å². The van der Waals surface area contributed by atoms with Crippen LogP contribution < -0.4 is 15.4 Å². The van der Waals surface area contributed by atoms with Crippen molar-refractivity contribution in [2.75, 3.05) is 6.54 Å². The second kappa shape index (κ2) is 6.33. The molecule has 0 aromatic heterocycles. The molecule has 1 fully saturated rings. The number of rotatable bonds is 4. The fourth-order valence-electron chi connectivity index (χ4n) is 2.12. The molecule has 1 heterocycles. The summed E-state index contributed by atoms with van der Waals surface area (Å²) in [5, 5.41) is 6.00. The van der Waals surface area contributed by atoms with Gasteiger partial charge in [-0.05, 0) is 25.5 Å². The Labute approximate surface area is 112 Å². The Bertz CT molecular complexity index is 468. The minimum atomic E-state index is -0.365. The Kier molecular flexibility index (Phi) is 4.52. The molecule has 0 radical (unpaired) electrons. The van der Waals surface area contributed by atoms with Crippen molar-refractivity contribution >= 4 is 11.9 Å². The van der Waals surface area contributed by atoms with E-state index in [9.17, 15) is 9.59 Å². The van der Waals surface area contributed by atoms with E-state index in [4.69, 9.17) is 4.74 Å². The molecule has 0 bridgehead atoms. The summed E-state index contributed by atoms with van der Waals surface area (Å²) in [4.78, 5) is 22.9. The quantitative estimate of drug-likeness (QED) is 0.627. The zero-order valence-corrected chi connectivity index (χ0v) is 10.9. The topological polar surface area (TPSA) is 67.4 Å². The first-order valence-electron chi connectivity index (χ1n) is 6.44. The maximum absolute atomic E-state index is 11.9. The molecule has 5 heteroatoms. The number of ether oxygens (including phenoxy) is 1. The highest BCUT2D eigenvalue weighted by atomic mass is 16.5. The van der Waals surface area contributed by atoms with E-state index >= 15 is 0 Å². The van der Waals surface area contributed by atoms with Gasteiger partial charge >= 0.3 is 5.97 Å². The van der Waals surface area contributed by atoms with Gasteiger partial charge in [-0.25, -0.2) is 0 Å². The van der Waals surface area contributed by atoms with Crippen molar-refractivity contribution in [2.24, 2.45) is 0 Å². The van der Waals surface area contributed by atoms with Gasteiger partial charge in [0.1, 0.15) is 5.75 Å². The van der Waals surface area contributed by atoms with E-state index in [2.05, 4.69) is 10.6 Å². The summed E-state index contributed by atoms with van der Waals surface area (Å²) in [6.45, 7) is 2.61. The molecule has 1 saturated heterocycles. The van der Waals surface area contributed by atoms with Gasteiger partial charge in [0.2, 0.25) is 5.91 Å². The Morgan fingerprint density at radius 3 is 2.89 bits per heavy atom. The van der Waals surface area contributed by atoms with Crippen molar-refractivity contribution in [1.29, 1.82) is 0 Å². The largest absolute Gasteiger partial charge is 0.426 e. The number of benzene rings is 1. The van der Waals surface area contributed by atoms with Gasteiger partial charge in [0.05, 0.1) is 6.04 Å². The molecule has 1 aliphatic heterocycles. The highest BCUT2D eigenvalue weighted by Gasteiger charge is 2.21. The molecule has 1 atom stereocenters. The number of hydrogen-bond donors (Lipinski definition) is 2. The van der Waals surface area contributed by atoms with Crippen molar-refractivity contribution in [1.82, 2.24) is 10.6 Å². The molecule has 0 aliphatic carbocycles. The van der Waals surface area contributed by atoms with E-state index < -0.39 is 0 Å². The zero-order chi connectivity index (χ0) is 13.7. The maximum atomic E-state index is 11.9. The number of carbonyl (C=O) groups excluding carboxylic acids is 2. The predicted molar refractivity (Wildman–Crippen MR) is 70.6 cm³/mol. The van der Waals surface area contributed by atoms with Crippen LogP contribution in [0.4, 0.5) is 0 Å². The summed E-state index contributed by atoms with van der Waals surface area (Å²) in [6, 6.07) is 7.10. The molecule has 1 unspecified atom stereocenters. The standard InChI is InChI=1S/C14H18N2O3/c1-10(17)19-13-7-3-2-5-11(13)9-16-14(18)12-6-4-8-15-12/h2-3,5,7,12,15H,4,6,8-9H2,1H3,(H,16,18). The van der Waals surface area contributed by atoms with Crippen molar-refractivity contribution in [3.8, 4) is 5.75 Å². The predicted octanol–water partition coefficient (Wildman–Crippen LogP) is 0.980. The van der Waals surface area contributed by atoms with Crippen molar-refractivity contribution < 1.29 is 14.3 Å². The van der Waals surface area contributed by atoms with Crippen molar-refractivity contribution in [3.05, 3.63) is 29.8 Å². The summed E-state index contributed by atoms with van der Waals surface area (Å²) >= 11 is 0. The van der Waals surface area contributed by atoms with E-state index in [1.54, 1.807) is 12.1 Å². The minimum Gasteiger partial charge on any atom is -0.426 e. The van der Waals surface area contributed by atoms with Gasteiger partial charge in [0.25, 0.3) is 0 Å². The SMILES string of the molecule is CC(=O)Oc1ccccc1CNC(=O)C1CCCN1. The molecule has 2 rings (SSSR count). The monoisotopic (exact) mass is 262 g/mol. The second-order valence-electron chi connectivity index (χ2n) is 4.57. The van der Waals surface area contributed by atoms with E-state index in [0.717, 1.165) is 24.9 Å². The molecular formula is C14H18N2O3. The van der Waals surface area contributed by atoms with Crippen LogP contribution in [0.5, 0.6) is 5.75 Å². The first kappa shape index (κ1) is 13.5. The molecule has 1 amide bonds. The zero-order valence-electron chi connectivity index (χ0n) is 10.9. The lowest BCUT2D eigenvalue weighted by Crippen LogP contribution is -2.40. The molecule has 102 valence electrons. The Balaban J connectivity index is 1.94. The smallest absolute Gasteiger partial charge is 0.308 e. The normalized spacial score (nSPS) is 18.1. The third-order valence-electron chi connectivity index (χ3n) is 3.06. The highest BCUT2D eigenvalue weighted by molar-refractivity contribution is 5.82. The van der Waals surface area contributed by atoms with Crippen LogP contribution in [0.25, 0.3) is 0 Å². The molecule has 0 saturated carbocycles. The fourth-order valence-corrected chi connectivity index (χ4v) is 2.12. The van der Waals surface area contributed by atoms with Crippen LogP contribution in [0, 0.1) is 0 Å². The van der Waals surface area contributed by atoms with E-state index in [-0.39, 0.29) is 17.9 Å². The lowest BCUT2D eigenvalue weighted by Gasteiger charge is -2.13. The van der Waals surface area contributed by atoms with Crippen LogP contribution in [0.15, 0.2) is 24.3 Å². The second-order valence-corrected chi connectivity index (χ2v) is 4.57. The van der Waals surface area contributed by atoms with Crippen LogP contribution in [-0.2, 0) is 16.1 Å². The summed E-state index contributed by atoms with van der Waals surface area (Å²) in [5.74, 6) is 0.126. The van der Waals surface area contributed by atoms with Crippen molar-refractivity contribution in [2.45, 2.75) is 32.4 Å². The number of amides is 1. The average Bonchev–Trinajstić information content (AvgIpc) is 2.90. The molecule has 2 N–H and O–H groups in total. The third-order valence-corrected chi connectivity index (χ3v) is 3.06. The highest BCUT2D eigenvalue weighted by Crippen LogP contribution is 2.18. The van der Waals surface area contributed by atoms with Gasteiger partial charge in [-0.3, -0.25) is 9.59 Å². The summed E-state index contributed by atoms with van der Waals surface area (Å²) in [5.41, 5.74) is 0.795. The number of esters is 1. The van der Waals surface area contributed by atoms with Gasteiger partial charge in [-0.15, -0.1) is 0 Å². The Morgan fingerprint density at radius 2 is 2.21 bits per heavy atom. The van der Waals surface area contributed by atoms with Gasteiger partial charge in [0, 0.05) is 19.0 Å². The minimum absolute atomic E-state index is 0.00451. The van der Waals surface area contributed by atoms with Gasteiger partial charge in [0.15, 0.2) is 0 Å². The van der Waals surface area contributed by atoms with Gasteiger partial charge < -0.3 is 15.4 Å². The van der Waals surface area contributed by atoms with Crippen molar-refractivity contribution in [3.63, 3.8) is 0 Å². The molecular weight excluding hydrogens is 244 g/mol. The first-order chi connectivity index (χ1) is 9.16. The summed E-state index contributed by atoms with van der Waals surface area (Å²) < 4.78 is 5.10. The molecule has 1 aromatic carbocycles. The van der Waals surface area contributed by atoms with Crippen LogP contribution in [0.1, 0.15) is 25.3 Å². The van der Waals surface area contributed by atoms with Gasteiger partial charge in [-0.1, -0.05) is 18.2 Å². The lowest BCUT2D eigenvalue weighted by molar-refractivity contribution is -0.131. The summed E-state index contributed by atoms with van der Waals surface area (Å²) in [6.07, 6.45) is 1.90. The van der Waals surface area contributed by atoms with E-state index in [1.807, 2.05) is 12.1 Å². The maximum Gasteiger partial charge on any atom is 0.308 e. The Morgan fingerprint density at radius 1 is 1.42 bits per heavy atom. The van der Waals surface area contributed by atoms with E-state index in [1.165, 1.54) is 6.92 Å². The average molecular weight is 262 g/mol. The molecule has 19 heavy (non-hydrogen) atoms. The number of carbonyl (C=O) groups is 2. The van der Waals surface area contributed by atoms with Crippen LogP contribution in [-0.4, -0.2) is 24.5 Å².